The molecule has 9 aromatic heterocycles. The molecule has 17 aromatic rings. The van der Waals surface area contributed by atoms with Gasteiger partial charge in [0.05, 0.1) is 81.6 Å². The number of hydrogen-bond acceptors (Lipinski definition) is 16. The number of carbonyl (C=O) groups is 3. The van der Waals surface area contributed by atoms with E-state index in [9.17, 15) is 29.7 Å². The van der Waals surface area contributed by atoms with Gasteiger partial charge in [-0.1, -0.05) is 116 Å². The van der Waals surface area contributed by atoms with Gasteiger partial charge < -0.3 is 38.5 Å². The lowest BCUT2D eigenvalue weighted by Crippen LogP contribution is -2.06. The predicted molar refractivity (Wildman–Crippen MR) is 421 cm³/mol. The predicted octanol–water partition coefficient (Wildman–Crippen LogP) is 16.3. The topological polar surface area (TPSA) is 308 Å². The van der Waals surface area contributed by atoms with Gasteiger partial charge in [0.25, 0.3) is 0 Å². The van der Waals surface area contributed by atoms with Gasteiger partial charge in [0.15, 0.2) is 23.3 Å². The number of rotatable bonds is 18. The molecule has 0 bridgehead atoms. The quantitative estimate of drug-likeness (QED) is 0.0620. The van der Waals surface area contributed by atoms with Crippen molar-refractivity contribution in [2.75, 3.05) is 14.2 Å². The molecule has 24 heteroatoms. The molecule has 8 aromatic carbocycles. The number of carboxylic acids is 3. The number of imidazole rings is 4. The van der Waals surface area contributed by atoms with Gasteiger partial charge in [-0.15, -0.1) is 10.2 Å². The number of fused-ring (bicyclic) bond motifs is 4. The second-order valence-corrected chi connectivity index (χ2v) is 25.8. The highest BCUT2D eigenvalue weighted by atomic mass is 16.5. The number of nitrogens with one attached hydrogen (secondary N) is 1. The molecule has 0 aliphatic rings. The standard InChI is InChI=1S/C22H19N7.C22H19N3O3.C22H19N3O2.C20H15N3O3/c1-2-15-7-9-16(10-8-15)14-29-20-6-4-3-5-18(20)24-22(29)19-13-17(11-12-23-19)21-25-27-28-26-21;1-14-7-8-16(20(11-14)28-2)13-25-19-6-4-3-5-17(19)24-21(25)18-12-15(22(26)27)9-10-23-18;1-14-7-8-17(15(2)11-14)13-25-20-6-4-3-5-18(20)24-21(25)19-12-16(22(26)27)9-10-23-19;1-26-15-8-6-14(7-9-15)23-18-5-3-2-4-16(18)22-19(23)17-12-13(20(24)25)10-11-21-17/h3-13H,2,14H2,1H3,(H,25,26,27,28);3-12H,13H2,1-2H3,(H,26,27);3-12H,13H2,1-2H3,(H,26,27);2-12H,1H3,(H,24,25). The van der Waals surface area contributed by atoms with E-state index in [0.717, 1.165) is 95.9 Å². The van der Waals surface area contributed by atoms with Crippen LogP contribution in [-0.2, 0) is 26.1 Å². The van der Waals surface area contributed by atoms with Gasteiger partial charge in [0.1, 0.15) is 34.3 Å². The van der Waals surface area contributed by atoms with E-state index in [1.54, 1.807) is 32.5 Å². The van der Waals surface area contributed by atoms with Crippen molar-refractivity contribution in [2.24, 2.45) is 0 Å². The number of aryl methyl sites for hydroxylation is 4. The second-order valence-electron chi connectivity index (χ2n) is 25.8. The minimum absolute atomic E-state index is 0.170. The molecule has 9 heterocycles. The van der Waals surface area contributed by atoms with Gasteiger partial charge >= 0.3 is 17.9 Å². The van der Waals surface area contributed by atoms with E-state index in [-0.39, 0.29) is 16.7 Å². The number of nitrogens with zero attached hydrogens (tertiary/aromatic N) is 15. The van der Waals surface area contributed by atoms with E-state index in [2.05, 4.69) is 124 Å². The maximum atomic E-state index is 11.4. The van der Waals surface area contributed by atoms with Crippen molar-refractivity contribution in [3.8, 4) is 74.6 Å². The molecule has 0 spiro atoms. The number of methoxy groups -OCH3 is 2. The number of hydrogen-bond donors (Lipinski definition) is 4. The van der Waals surface area contributed by atoms with Crippen LogP contribution in [0.1, 0.15) is 76.9 Å². The zero-order valence-corrected chi connectivity index (χ0v) is 60.7. The molecule has 0 saturated carbocycles. The molecule has 0 radical (unpaired) electrons. The number of aromatic amines is 1. The number of ether oxygens (including phenoxy) is 2. The maximum Gasteiger partial charge on any atom is 0.335 e. The summed E-state index contributed by atoms with van der Waals surface area (Å²) in [5.41, 5.74) is 20.3. The van der Waals surface area contributed by atoms with Gasteiger partial charge in [0, 0.05) is 54.7 Å². The van der Waals surface area contributed by atoms with Gasteiger partial charge in [-0.25, -0.2) is 34.3 Å². The van der Waals surface area contributed by atoms with E-state index < -0.39 is 17.9 Å². The van der Waals surface area contributed by atoms with E-state index in [1.165, 1.54) is 70.7 Å². The van der Waals surface area contributed by atoms with Crippen molar-refractivity contribution < 1.29 is 39.2 Å². The summed E-state index contributed by atoms with van der Waals surface area (Å²) in [5.74, 6) is 1.80. The fourth-order valence-electron chi connectivity index (χ4n) is 12.9. The van der Waals surface area contributed by atoms with Gasteiger partial charge in [-0.3, -0.25) is 24.5 Å². The van der Waals surface area contributed by atoms with Gasteiger partial charge in [-0.05, 0) is 188 Å². The summed E-state index contributed by atoms with van der Waals surface area (Å²) in [6.07, 6.45) is 7.28. The Hall–Kier alpha value is -14.7. The minimum atomic E-state index is -0.999. The molecule has 0 amide bonds. The Balaban J connectivity index is 0.000000122. The average Bonchev–Trinajstić information content (AvgIpc) is 1.64. The molecule has 0 saturated heterocycles. The number of benzene rings is 8. The Morgan fingerprint density at radius 1 is 0.418 bits per heavy atom. The van der Waals surface area contributed by atoms with Crippen LogP contribution in [0, 0.1) is 20.8 Å². The zero-order valence-electron chi connectivity index (χ0n) is 60.7. The molecule has 17 rings (SSSR count). The normalized spacial score (nSPS) is 11.0. The van der Waals surface area contributed by atoms with Gasteiger partial charge in [-0.2, -0.15) is 5.21 Å². The fourth-order valence-corrected chi connectivity index (χ4v) is 12.9. The fraction of sp³-hybridized carbons (Fsp3) is 0.116. The number of aromatic nitrogens is 16. The van der Waals surface area contributed by atoms with Crippen molar-refractivity contribution in [3.05, 3.63) is 311 Å². The third kappa shape index (κ3) is 15.8. The van der Waals surface area contributed by atoms with Gasteiger partial charge in [0.2, 0.25) is 5.82 Å². The summed E-state index contributed by atoms with van der Waals surface area (Å²) in [5, 5.41) is 42.2. The monoisotopic (exact) mass is 1460 g/mol. The highest BCUT2D eigenvalue weighted by Gasteiger charge is 2.22. The summed E-state index contributed by atoms with van der Waals surface area (Å²) in [6, 6.07) is 73.3. The zero-order chi connectivity index (χ0) is 76.4. The van der Waals surface area contributed by atoms with Crippen molar-refractivity contribution in [2.45, 2.75) is 53.8 Å². The lowest BCUT2D eigenvalue weighted by Gasteiger charge is -2.13. The molecular weight excluding hydrogens is 1390 g/mol. The smallest absolute Gasteiger partial charge is 0.335 e. The highest BCUT2D eigenvalue weighted by Crippen LogP contribution is 2.34. The number of tetrazole rings is 1. The van der Waals surface area contributed by atoms with Crippen LogP contribution in [0.15, 0.2) is 255 Å². The Labute approximate surface area is 630 Å². The van der Waals surface area contributed by atoms with E-state index in [1.807, 2.05) is 162 Å². The number of para-hydroxylation sites is 8. The molecule has 544 valence electrons. The third-order valence-electron chi connectivity index (χ3n) is 18.5. The van der Waals surface area contributed by atoms with E-state index in [4.69, 9.17) is 24.4 Å². The van der Waals surface area contributed by atoms with Crippen molar-refractivity contribution in [1.29, 1.82) is 0 Å². The average molecular weight is 1460 g/mol. The molecule has 24 nitrogen and oxygen atoms in total. The second kappa shape index (κ2) is 32.4. The Bertz CT molecular complexity index is 6210. The van der Waals surface area contributed by atoms with Crippen LogP contribution in [0.25, 0.3) is 107 Å². The maximum absolute atomic E-state index is 11.4. The Morgan fingerprint density at radius 2 is 0.845 bits per heavy atom. The molecule has 0 fully saturated rings. The number of pyridine rings is 4. The lowest BCUT2D eigenvalue weighted by atomic mass is 10.1. The summed E-state index contributed by atoms with van der Waals surface area (Å²) in [7, 11) is 3.28. The Morgan fingerprint density at radius 3 is 1.32 bits per heavy atom. The molecule has 0 atom stereocenters. The van der Waals surface area contributed by atoms with Crippen LogP contribution in [0.5, 0.6) is 11.5 Å². The van der Waals surface area contributed by atoms with Crippen LogP contribution in [0.2, 0.25) is 0 Å². The minimum Gasteiger partial charge on any atom is -0.497 e. The van der Waals surface area contributed by atoms with Crippen LogP contribution in [0.3, 0.4) is 0 Å². The lowest BCUT2D eigenvalue weighted by molar-refractivity contribution is 0.0686. The number of aromatic carboxylic acids is 3. The summed E-state index contributed by atoms with van der Waals surface area (Å²) < 4.78 is 19.1. The molecule has 0 aliphatic carbocycles. The van der Waals surface area contributed by atoms with Crippen molar-refractivity contribution in [3.63, 3.8) is 0 Å². The van der Waals surface area contributed by atoms with Crippen LogP contribution >= 0.6 is 0 Å². The molecule has 0 aliphatic heterocycles. The summed E-state index contributed by atoms with van der Waals surface area (Å²) >= 11 is 0. The van der Waals surface area contributed by atoms with Crippen molar-refractivity contribution in [1.82, 2.24) is 78.8 Å². The Kier molecular flexibility index (Phi) is 21.3. The van der Waals surface area contributed by atoms with Crippen molar-refractivity contribution >= 4 is 62.0 Å². The summed E-state index contributed by atoms with van der Waals surface area (Å²) in [4.78, 5) is 70.7. The van der Waals surface area contributed by atoms with Crippen LogP contribution < -0.4 is 9.47 Å². The van der Waals surface area contributed by atoms with Crippen LogP contribution in [0.4, 0.5) is 0 Å². The first-order chi connectivity index (χ1) is 53.6. The first kappa shape index (κ1) is 72.3. The molecule has 0 unspecified atom stereocenters. The first-order valence-electron chi connectivity index (χ1n) is 35.1. The largest absolute Gasteiger partial charge is 0.497 e. The molecule has 110 heavy (non-hydrogen) atoms. The number of carboxylic acid groups (broad SMARTS) is 3. The third-order valence-corrected chi connectivity index (χ3v) is 18.5. The van der Waals surface area contributed by atoms with E-state index >= 15 is 0 Å². The number of H-pyrrole nitrogens is 1. The van der Waals surface area contributed by atoms with E-state index in [0.29, 0.717) is 60.0 Å². The SMILES string of the molecule is CCc1ccc(Cn2c(-c3cc(-c4nn[nH]n4)ccn3)nc3ccccc32)cc1.COc1cc(C)ccc1Cn1c(-c2cc(C(=O)O)ccn2)nc2ccccc21.COc1ccc(-n2c(-c3cc(C(=O)O)ccn3)nc3ccccc32)cc1.Cc1ccc(Cn2c(-c3cc(C(=O)O)ccn3)nc3ccccc32)c(C)c1. The van der Waals surface area contributed by atoms with Crippen LogP contribution in [-0.4, -0.2) is 126 Å². The summed E-state index contributed by atoms with van der Waals surface area (Å²) in [6.45, 7) is 10.2. The molecule has 4 N–H and O–H groups in total. The molecular formula is C86H72N16O8. The highest BCUT2D eigenvalue weighted by molar-refractivity contribution is 5.92. The first-order valence-corrected chi connectivity index (χ1v) is 35.1.